The van der Waals surface area contributed by atoms with Crippen molar-refractivity contribution in [2.24, 2.45) is 5.92 Å². The molecular weight excluding hydrogens is 328 g/mol. The quantitative estimate of drug-likeness (QED) is 0.869. The summed E-state index contributed by atoms with van der Waals surface area (Å²) in [7, 11) is 3.95. The lowest BCUT2D eigenvalue weighted by Crippen LogP contribution is -2.41. The minimum Gasteiger partial charge on any atom is -0.496 e. The Labute approximate surface area is 137 Å². The van der Waals surface area contributed by atoms with Crippen LogP contribution in [-0.2, 0) is 0 Å². The van der Waals surface area contributed by atoms with Gasteiger partial charge < -0.3 is 10.1 Å². The van der Waals surface area contributed by atoms with Gasteiger partial charge in [-0.15, -0.1) is 0 Å². The highest BCUT2D eigenvalue weighted by Gasteiger charge is 2.30. The van der Waals surface area contributed by atoms with E-state index in [1.165, 1.54) is 24.9 Å². The number of likely N-dealkylation sites (tertiary alicyclic amines) is 1. The summed E-state index contributed by atoms with van der Waals surface area (Å²) in [5.74, 6) is 1.56. The van der Waals surface area contributed by atoms with Gasteiger partial charge in [-0.2, -0.15) is 0 Å². The van der Waals surface area contributed by atoms with Crippen LogP contribution in [0.1, 0.15) is 38.3 Å². The third kappa shape index (κ3) is 4.21. The summed E-state index contributed by atoms with van der Waals surface area (Å²) >= 11 is 3.62. The van der Waals surface area contributed by atoms with Gasteiger partial charge >= 0.3 is 0 Å². The Morgan fingerprint density at radius 2 is 2.19 bits per heavy atom. The molecule has 0 aromatic heterocycles. The third-order valence-corrected chi connectivity index (χ3v) is 4.93. The van der Waals surface area contributed by atoms with Crippen molar-refractivity contribution in [1.82, 2.24) is 10.2 Å². The number of hydrogen-bond acceptors (Lipinski definition) is 3. The molecule has 0 saturated carbocycles. The van der Waals surface area contributed by atoms with Crippen molar-refractivity contribution >= 4 is 15.9 Å². The van der Waals surface area contributed by atoms with Crippen LogP contribution in [0.15, 0.2) is 22.7 Å². The first kappa shape index (κ1) is 16.8. The largest absolute Gasteiger partial charge is 0.496 e. The molecule has 2 atom stereocenters. The number of rotatable bonds is 5. The standard InChI is InChI=1S/C17H27BrN2O/c1-12(2)19-11-14-6-5-9-20(3)17(14)13-7-8-16(21-4)15(18)10-13/h7-8,10,12,14,17,19H,5-6,9,11H2,1-4H3. The predicted octanol–water partition coefficient (Wildman–Crippen LogP) is 3.84. The molecule has 0 bridgehead atoms. The molecule has 2 rings (SSSR count). The summed E-state index contributed by atoms with van der Waals surface area (Å²) in [5.41, 5.74) is 1.38. The molecule has 4 heteroatoms. The Bertz CT molecular complexity index is 464. The zero-order valence-corrected chi connectivity index (χ0v) is 15.1. The smallest absolute Gasteiger partial charge is 0.133 e. The second-order valence-corrected chi connectivity index (χ2v) is 7.14. The fourth-order valence-corrected chi connectivity index (χ4v) is 3.81. The van der Waals surface area contributed by atoms with Gasteiger partial charge in [0, 0.05) is 18.6 Å². The lowest BCUT2D eigenvalue weighted by atomic mass is 9.84. The van der Waals surface area contributed by atoms with E-state index >= 15 is 0 Å². The number of nitrogens with zero attached hydrogens (tertiary/aromatic N) is 1. The molecule has 1 aromatic rings. The van der Waals surface area contributed by atoms with Crippen molar-refractivity contribution < 1.29 is 4.74 Å². The molecule has 0 amide bonds. The van der Waals surface area contributed by atoms with E-state index in [2.05, 4.69) is 65.2 Å². The summed E-state index contributed by atoms with van der Waals surface area (Å²) in [6.07, 6.45) is 2.58. The highest BCUT2D eigenvalue weighted by atomic mass is 79.9. The highest BCUT2D eigenvalue weighted by molar-refractivity contribution is 9.10. The molecule has 118 valence electrons. The number of methoxy groups -OCH3 is 1. The molecule has 1 heterocycles. The zero-order valence-electron chi connectivity index (χ0n) is 13.5. The Kier molecular flexibility index (Phi) is 6.08. The summed E-state index contributed by atoms with van der Waals surface area (Å²) in [6, 6.07) is 7.51. The van der Waals surface area contributed by atoms with E-state index in [0.29, 0.717) is 18.0 Å². The normalized spacial score (nSPS) is 23.5. The molecule has 21 heavy (non-hydrogen) atoms. The number of halogens is 1. The van der Waals surface area contributed by atoms with Gasteiger partial charge in [0.25, 0.3) is 0 Å². The number of nitrogens with one attached hydrogen (secondary N) is 1. The second-order valence-electron chi connectivity index (χ2n) is 6.28. The monoisotopic (exact) mass is 354 g/mol. The Hall–Kier alpha value is -0.580. The molecule has 3 nitrogen and oxygen atoms in total. The van der Waals surface area contributed by atoms with Crippen LogP contribution in [0.4, 0.5) is 0 Å². The van der Waals surface area contributed by atoms with Gasteiger partial charge in [0.05, 0.1) is 11.6 Å². The van der Waals surface area contributed by atoms with Crippen molar-refractivity contribution in [3.05, 3.63) is 28.2 Å². The number of benzene rings is 1. The van der Waals surface area contributed by atoms with Crippen molar-refractivity contribution in [1.29, 1.82) is 0 Å². The molecular formula is C17H27BrN2O. The molecule has 1 aromatic carbocycles. The molecule has 0 radical (unpaired) electrons. The number of hydrogen-bond donors (Lipinski definition) is 1. The van der Waals surface area contributed by atoms with Crippen LogP contribution in [0.3, 0.4) is 0 Å². The fourth-order valence-electron chi connectivity index (χ4n) is 3.25. The maximum absolute atomic E-state index is 5.35. The zero-order chi connectivity index (χ0) is 15.4. The maximum atomic E-state index is 5.35. The Morgan fingerprint density at radius 3 is 2.81 bits per heavy atom. The molecule has 0 spiro atoms. The minimum atomic E-state index is 0.479. The third-order valence-electron chi connectivity index (χ3n) is 4.31. The van der Waals surface area contributed by atoms with E-state index in [9.17, 15) is 0 Å². The van der Waals surface area contributed by atoms with E-state index < -0.39 is 0 Å². The average Bonchev–Trinajstić information content (AvgIpc) is 2.45. The highest BCUT2D eigenvalue weighted by Crippen LogP contribution is 2.37. The van der Waals surface area contributed by atoms with E-state index in [4.69, 9.17) is 4.74 Å². The van der Waals surface area contributed by atoms with E-state index in [0.717, 1.165) is 16.8 Å². The first-order chi connectivity index (χ1) is 10.0. The molecule has 1 N–H and O–H groups in total. The lowest BCUT2D eigenvalue weighted by molar-refractivity contribution is 0.118. The van der Waals surface area contributed by atoms with Gasteiger partial charge in [0.15, 0.2) is 0 Å². The van der Waals surface area contributed by atoms with Crippen LogP contribution in [0.5, 0.6) is 5.75 Å². The van der Waals surface area contributed by atoms with Gasteiger partial charge in [0.1, 0.15) is 5.75 Å². The van der Waals surface area contributed by atoms with E-state index in [1.807, 2.05) is 0 Å². The van der Waals surface area contributed by atoms with E-state index in [1.54, 1.807) is 7.11 Å². The van der Waals surface area contributed by atoms with Crippen molar-refractivity contribution in [3.8, 4) is 5.75 Å². The predicted molar refractivity (Wildman–Crippen MR) is 91.9 cm³/mol. The van der Waals surface area contributed by atoms with Crippen LogP contribution in [-0.4, -0.2) is 38.2 Å². The Balaban J connectivity index is 2.20. The van der Waals surface area contributed by atoms with Gasteiger partial charge in [-0.05, 0) is 66.0 Å². The van der Waals surface area contributed by atoms with Crippen molar-refractivity contribution in [2.45, 2.75) is 38.8 Å². The average molecular weight is 355 g/mol. The Morgan fingerprint density at radius 1 is 1.43 bits per heavy atom. The summed E-state index contributed by atoms with van der Waals surface area (Å²) in [5, 5.41) is 3.61. The maximum Gasteiger partial charge on any atom is 0.133 e. The van der Waals surface area contributed by atoms with Crippen LogP contribution < -0.4 is 10.1 Å². The lowest BCUT2D eigenvalue weighted by Gasteiger charge is -2.40. The number of piperidine rings is 1. The van der Waals surface area contributed by atoms with Gasteiger partial charge in [0.2, 0.25) is 0 Å². The molecule has 0 aliphatic carbocycles. The van der Waals surface area contributed by atoms with Gasteiger partial charge in [-0.25, -0.2) is 0 Å². The molecule has 1 aliphatic heterocycles. The van der Waals surface area contributed by atoms with Gasteiger partial charge in [-0.3, -0.25) is 4.90 Å². The summed E-state index contributed by atoms with van der Waals surface area (Å²) < 4.78 is 6.39. The van der Waals surface area contributed by atoms with Crippen LogP contribution in [0.2, 0.25) is 0 Å². The van der Waals surface area contributed by atoms with Crippen LogP contribution in [0.25, 0.3) is 0 Å². The topological polar surface area (TPSA) is 24.5 Å². The first-order valence-electron chi connectivity index (χ1n) is 7.80. The van der Waals surface area contributed by atoms with Gasteiger partial charge in [-0.1, -0.05) is 19.9 Å². The molecule has 1 saturated heterocycles. The van der Waals surface area contributed by atoms with Crippen molar-refractivity contribution in [3.63, 3.8) is 0 Å². The SMILES string of the molecule is COc1ccc(C2C(CNC(C)C)CCCN2C)cc1Br. The first-order valence-corrected chi connectivity index (χ1v) is 8.59. The molecule has 2 unspecified atom stereocenters. The molecule has 1 aliphatic rings. The van der Waals surface area contributed by atoms with Crippen molar-refractivity contribution in [2.75, 3.05) is 27.2 Å². The number of ether oxygens (including phenoxy) is 1. The fraction of sp³-hybridized carbons (Fsp3) is 0.647. The van der Waals surface area contributed by atoms with Crippen LogP contribution >= 0.6 is 15.9 Å². The second kappa shape index (κ2) is 7.61. The minimum absolute atomic E-state index is 0.479. The summed E-state index contributed by atoms with van der Waals surface area (Å²) in [6.45, 7) is 6.68. The summed E-state index contributed by atoms with van der Waals surface area (Å²) in [4.78, 5) is 2.49. The molecule has 1 fully saturated rings. The van der Waals surface area contributed by atoms with Crippen LogP contribution in [0, 0.1) is 5.92 Å². The van der Waals surface area contributed by atoms with E-state index in [-0.39, 0.29) is 0 Å².